The van der Waals surface area contributed by atoms with Crippen LogP contribution in [0.3, 0.4) is 0 Å². The van der Waals surface area contributed by atoms with E-state index in [0.29, 0.717) is 35.2 Å². The van der Waals surface area contributed by atoms with Gasteiger partial charge in [-0.05, 0) is 49.6 Å². The number of hydrogen-bond acceptors (Lipinski definition) is 4. The quantitative estimate of drug-likeness (QED) is 0.677. The molecule has 0 aliphatic heterocycles. The lowest BCUT2D eigenvalue weighted by atomic mass is 10.1. The SMILES string of the molecule is CCOc1c(C=C2CCc3c2nc2ccc(Cl)cn2c3=O)cccc1OC. The minimum Gasteiger partial charge on any atom is -0.493 e. The lowest BCUT2D eigenvalue weighted by molar-refractivity contribution is 0.310. The molecule has 0 saturated heterocycles. The highest BCUT2D eigenvalue weighted by atomic mass is 35.5. The van der Waals surface area contributed by atoms with E-state index in [1.165, 1.54) is 4.40 Å². The number of benzene rings is 1. The van der Waals surface area contributed by atoms with Crippen LogP contribution < -0.4 is 15.0 Å². The number of fused-ring (bicyclic) bond motifs is 2. The van der Waals surface area contributed by atoms with E-state index in [0.717, 1.165) is 28.8 Å². The number of para-hydroxylation sites is 1. The molecule has 0 atom stereocenters. The molecule has 0 saturated carbocycles. The smallest absolute Gasteiger partial charge is 0.261 e. The fraction of sp³-hybridized carbons (Fsp3) is 0.238. The van der Waals surface area contributed by atoms with Gasteiger partial charge in [0.2, 0.25) is 0 Å². The van der Waals surface area contributed by atoms with Crippen molar-refractivity contribution in [3.05, 3.63) is 68.7 Å². The fourth-order valence-electron chi connectivity index (χ4n) is 3.45. The second-order valence-corrected chi connectivity index (χ2v) is 6.74. The molecule has 1 aliphatic rings. The molecule has 0 amide bonds. The van der Waals surface area contributed by atoms with Crippen LogP contribution in [0.25, 0.3) is 17.3 Å². The van der Waals surface area contributed by atoms with E-state index in [4.69, 9.17) is 26.1 Å². The standard InChI is InChI=1S/C21H19ClN2O3/c1-3-27-20-14(5-4-6-17(20)26-2)11-13-7-9-16-19(13)23-18-10-8-15(22)12-24(18)21(16)25/h4-6,8,10-12H,3,7,9H2,1-2H3. The van der Waals surface area contributed by atoms with Crippen molar-refractivity contribution in [1.82, 2.24) is 9.38 Å². The van der Waals surface area contributed by atoms with Crippen molar-refractivity contribution in [3.8, 4) is 11.5 Å². The van der Waals surface area contributed by atoms with Gasteiger partial charge < -0.3 is 9.47 Å². The van der Waals surface area contributed by atoms with E-state index >= 15 is 0 Å². The maximum Gasteiger partial charge on any atom is 0.261 e. The van der Waals surface area contributed by atoms with Gasteiger partial charge in [0, 0.05) is 17.3 Å². The number of allylic oxidation sites excluding steroid dienone is 1. The normalized spacial score (nSPS) is 14.6. The minimum atomic E-state index is -0.0587. The van der Waals surface area contributed by atoms with Gasteiger partial charge in [-0.15, -0.1) is 0 Å². The van der Waals surface area contributed by atoms with Crippen molar-refractivity contribution in [3.63, 3.8) is 0 Å². The molecule has 138 valence electrons. The molecular weight excluding hydrogens is 364 g/mol. The largest absolute Gasteiger partial charge is 0.493 e. The molecule has 1 aromatic carbocycles. The second-order valence-electron chi connectivity index (χ2n) is 6.30. The summed E-state index contributed by atoms with van der Waals surface area (Å²) in [5, 5.41) is 0.512. The molecule has 2 aromatic heterocycles. The van der Waals surface area contributed by atoms with Crippen LogP contribution in [0, 0.1) is 0 Å². The summed E-state index contributed by atoms with van der Waals surface area (Å²) in [6, 6.07) is 9.28. The van der Waals surface area contributed by atoms with Crippen molar-refractivity contribution < 1.29 is 9.47 Å². The molecule has 4 rings (SSSR count). The van der Waals surface area contributed by atoms with Crippen molar-refractivity contribution in [2.75, 3.05) is 13.7 Å². The van der Waals surface area contributed by atoms with Gasteiger partial charge in [0.1, 0.15) is 5.65 Å². The maximum absolute atomic E-state index is 12.8. The van der Waals surface area contributed by atoms with Gasteiger partial charge in [0.15, 0.2) is 11.5 Å². The van der Waals surface area contributed by atoms with Crippen molar-refractivity contribution >= 4 is 28.9 Å². The van der Waals surface area contributed by atoms with Crippen LogP contribution in [0.2, 0.25) is 5.02 Å². The zero-order valence-electron chi connectivity index (χ0n) is 15.2. The summed E-state index contributed by atoms with van der Waals surface area (Å²) in [4.78, 5) is 17.6. The molecule has 0 unspecified atom stereocenters. The average Bonchev–Trinajstić information content (AvgIpc) is 3.07. The first-order valence-electron chi connectivity index (χ1n) is 8.84. The van der Waals surface area contributed by atoms with Gasteiger partial charge in [0.25, 0.3) is 5.56 Å². The van der Waals surface area contributed by atoms with Gasteiger partial charge in [0.05, 0.1) is 24.4 Å². The number of ether oxygens (including phenoxy) is 2. The number of hydrogen-bond donors (Lipinski definition) is 0. The lowest BCUT2D eigenvalue weighted by Gasteiger charge is -2.12. The second kappa shape index (κ2) is 7.08. The molecule has 1 aliphatic carbocycles. The van der Waals surface area contributed by atoms with E-state index in [2.05, 4.69) is 0 Å². The van der Waals surface area contributed by atoms with E-state index in [9.17, 15) is 4.79 Å². The number of nitrogens with zero attached hydrogens (tertiary/aromatic N) is 2. The maximum atomic E-state index is 12.8. The summed E-state index contributed by atoms with van der Waals surface area (Å²) in [5.74, 6) is 1.39. The molecule has 27 heavy (non-hydrogen) atoms. The van der Waals surface area contributed by atoms with Gasteiger partial charge >= 0.3 is 0 Å². The van der Waals surface area contributed by atoms with Gasteiger partial charge in [-0.2, -0.15) is 0 Å². The van der Waals surface area contributed by atoms with Crippen molar-refractivity contribution in [1.29, 1.82) is 0 Å². The highest BCUT2D eigenvalue weighted by molar-refractivity contribution is 6.30. The first kappa shape index (κ1) is 17.6. The molecule has 0 bridgehead atoms. The summed E-state index contributed by atoms with van der Waals surface area (Å²) in [6.45, 7) is 2.48. The summed E-state index contributed by atoms with van der Waals surface area (Å²) < 4.78 is 12.7. The van der Waals surface area contributed by atoms with Gasteiger partial charge in [-0.1, -0.05) is 23.7 Å². The first-order valence-corrected chi connectivity index (χ1v) is 9.21. The number of pyridine rings is 1. The van der Waals surface area contributed by atoms with Crippen molar-refractivity contribution in [2.45, 2.75) is 19.8 Å². The zero-order chi connectivity index (χ0) is 19.0. The molecule has 0 N–H and O–H groups in total. The molecule has 0 spiro atoms. The predicted octanol–water partition coefficient (Wildman–Crippen LogP) is 4.24. The summed E-state index contributed by atoms with van der Waals surface area (Å²) in [6.07, 6.45) is 5.07. The van der Waals surface area contributed by atoms with Crippen LogP contribution in [0.1, 0.15) is 30.2 Å². The molecule has 2 heterocycles. The Hall–Kier alpha value is -2.79. The Morgan fingerprint density at radius 3 is 2.89 bits per heavy atom. The van der Waals surface area contributed by atoms with Crippen LogP contribution in [-0.4, -0.2) is 23.1 Å². The molecule has 3 aromatic rings. The number of halogens is 1. The Morgan fingerprint density at radius 2 is 2.11 bits per heavy atom. The summed E-state index contributed by atoms with van der Waals surface area (Å²) >= 11 is 6.03. The summed E-state index contributed by atoms with van der Waals surface area (Å²) in [5.41, 5.74) is 3.95. The Balaban J connectivity index is 1.87. The zero-order valence-corrected chi connectivity index (χ0v) is 15.9. The fourth-order valence-corrected chi connectivity index (χ4v) is 3.61. The first-order chi connectivity index (χ1) is 13.1. The minimum absolute atomic E-state index is 0.0587. The van der Waals surface area contributed by atoms with Crippen LogP contribution in [0.15, 0.2) is 41.3 Å². The van der Waals surface area contributed by atoms with Gasteiger partial charge in [-0.25, -0.2) is 4.98 Å². The molecule has 0 fully saturated rings. The predicted molar refractivity (Wildman–Crippen MR) is 107 cm³/mol. The molecular formula is C21H19ClN2O3. The molecule has 6 heteroatoms. The number of methoxy groups -OCH3 is 1. The Kier molecular flexibility index (Phi) is 4.62. The van der Waals surface area contributed by atoms with Gasteiger partial charge in [-0.3, -0.25) is 9.20 Å². The Labute approximate surface area is 161 Å². The number of aromatic nitrogens is 2. The van der Waals surface area contributed by atoms with E-state index in [-0.39, 0.29) is 5.56 Å². The average molecular weight is 383 g/mol. The van der Waals surface area contributed by atoms with Crippen LogP contribution >= 0.6 is 11.6 Å². The van der Waals surface area contributed by atoms with E-state index in [1.54, 1.807) is 25.4 Å². The highest BCUT2D eigenvalue weighted by Crippen LogP contribution is 2.36. The van der Waals surface area contributed by atoms with E-state index in [1.807, 2.05) is 31.2 Å². The van der Waals surface area contributed by atoms with Crippen molar-refractivity contribution in [2.24, 2.45) is 0 Å². The monoisotopic (exact) mass is 382 g/mol. The van der Waals surface area contributed by atoms with Crippen LogP contribution in [0.4, 0.5) is 0 Å². The third kappa shape index (κ3) is 3.08. The molecule has 0 radical (unpaired) electrons. The van der Waals surface area contributed by atoms with E-state index < -0.39 is 0 Å². The topological polar surface area (TPSA) is 52.8 Å². The third-order valence-electron chi connectivity index (χ3n) is 4.68. The van der Waals surface area contributed by atoms with Crippen LogP contribution in [-0.2, 0) is 6.42 Å². The summed E-state index contributed by atoms with van der Waals surface area (Å²) in [7, 11) is 1.62. The molecule has 5 nitrogen and oxygen atoms in total. The number of rotatable bonds is 4. The highest BCUT2D eigenvalue weighted by Gasteiger charge is 2.23. The van der Waals surface area contributed by atoms with Crippen LogP contribution in [0.5, 0.6) is 11.5 Å². The lowest BCUT2D eigenvalue weighted by Crippen LogP contribution is -2.19. The Bertz CT molecular complexity index is 1120. The third-order valence-corrected chi connectivity index (χ3v) is 4.90. The Morgan fingerprint density at radius 1 is 1.26 bits per heavy atom.